The van der Waals surface area contributed by atoms with Crippen molar-refractivity contribution in [3.05, 3.63) is 34.8 Å². The van der Waals surface area contributed by atoms with Gasteiger partial charge in [-0.1, -0.05) is 6.92 Å². The van der Waals surface area contributed by atoms with Gasteiger partial charge in [-0.15, -0.1) is 0 Å². The van der Waals surface area contributed by atoms with Crippen LogP contribution < -0.4 is 16.4 Å². The molecule has 3 aliphatic rings. The SMILES string of the molecule is Cc1ccc(C(O)N2CCC(N3CCN(c4nc(N)c(C(=O)O)nc4C)CC34C[C@H]4C)CC2)c(N)n1. The van der Waals surface area contributed by atoms with Gasteiger partial charge in [-0.3, -0.25) is 9.80 Å². The van der Waals surface area contributed by atoms with Gasteiger partial charge in [-0.05, 0) is 51.2 Å². The van der Waals surface area contributed by atoms with Crippen LogP contribution in [0.2, 0.25) is 0 Å². The van der Waals surface area contributed by atoms with E-state index in [-0.39, 0.29) is 17.1 Å². The summed E-state index contributed by atoms with van der Waals surface area (Å²) in [5.74, 6) is 0.425. The lowest BCUT2D eigenvalue weighted by Crippen LogP contribution is -2.61. The van der Waals surface area contributed by atoms with Crippen molar-refractivity contribution in [1.29, 1.82) is 0 Å². The smallest absolute Gasteiger partial charge is 0.358 e. The van der Waals surface area contributed by atoms with Gasteiger partial charge in [0.05, 0.1) is 5.69 Å². The third-order valence-corrected chi connectivity index (χ3v) is 8.30. The predicted molar refractivity (Wildman–Crippen MR) is 137 cm³/mol. The molecule has 0 radical (unpaired) electrons. The van der Waals surface area contributed by atoms with Crippen molar-refractivity contribution in [2.24, 2.45) is 5.92 Å². The third-order valence-electron chi connectivity index (χ3n) is 8.30. The summed E-state index contributed by atoms with van der Waals surface area (Å²) in [5, 5.41) is 20.3. The number of aryl methyl sites for hydroxylation is 2. The number of hydrogen-bond donors (Lipinski definition) is 4. The first-order valence-electron chi connectivity index (χ1n) is 12.6. The van der Waals surface area contributed by atoms with E-state index in [4.69, 9.17) is 11.5 Å². The largest absolute Gasteiger partial charge is 0.476 e. The number of likely N-dealkylation sites (tertiary alicyclic amines) is 1. The Hall–Kier alpha value is -3.02. The number of hydrogen-bond acceptors (Lipinski definition) is 10. The number of aromatic nitrogens is 3. The van der Waals surface area contributed by atoms with Crippen LogP contribution in [-0.4, -0.2) is 85.2 Å². The summed E-state index contributed by atoms with van der Waals surface area (Å²) in [7, 11) is 0. The molecule has 0 amide bonds. The number of nitrogen functional groups attached to an aromatic ring is 2. The Kier molecular flexibility index (Phi) is 6.26. The zero-order valence-corrected chi connectivity index (χ0v) is 21.2. The van der Waals surface area contributed by atoms with Crippen molar-refractivity contribution in [3.63, 3.8) is 0 Å². The van der Waals surface area contributed by atoms with Crippen LogP contribution in [0.25, 0.3) is 0 Å². The number of aromatic carboxylic acids is 1. The molecule has 11 heteroatoms. The molecule has 6 N–H and O–H groups in total. The molecule has 2 aliphatic heterocycles. The number of carbonyl (C=O) groups is 1. The molecule has 11 nitrogen and oxygen atoms in total. The van der Waals surface area contributed by atoms with Gasteiger partial charge in [0, 0.05) is 55.6 Å². The van der Waals surface area contributed by atoms with Crippen molar-refractivity contribution in [2.75, 3.05) is 49.1 Å². The van der Waals surface area contributed by atoms with E-state index in [0.717, 1.165) is 57.7 Å². The molecule has 2 unspecified atom stereocenters. The van der Waals surface area contributed by atoms with Gasteiger partial charge in [-0.2, -0.15) is 0 Å². The number of aliphatic hydroxyl groups excluding tert-OH is 1. The summed E-state index contributed by atoms with van der Waals surface area (Å²) in [6, 6.07) is 4.20. The number of pyridine rings is 1. The Morgan fingerprint density at radius 1 is 1.08 bits per heavy atom. The normalized spacial score (nSPS) is 26.3. The van der Waals surface area contributed by atoms with E-state index in [2.05, 4.69) is 36.6 Å². The lowest BCUT2D eigenvalue weighted by atomic mass is 9.96. The van der Waals surface area contributed by atoms with Crippen molar-refractivity contribution < 1.29 is 15.0 Å². The Morgan fingerprint density at radius 2 is 1.78 bits per heavy atom. The predicted octanol–water partition coefficient (Wildman–Crippen LogP) is 1.41. The van der Waals surface area contributed by atoms with Crippen LogP contribution in [0.5, 0.6) is 0 Å². The molecule has 4 heterocycles. The Morgan fingerprint density at radius 3 is 2.39 bits per heavy atom. The molecule has 3 atom stereocenters. The minimum atomic E-state index is -1.16. The molecule has 5 rings (SSSR count). The fourth-order valence-corrected chi connectivity index (χ4v) is 6.19. The highest BCUT2D eigenvalue weighted by Crippen LogP contribution is 2.52. The van der Waals surface area contributed by atoms with Gasteiger partial charge in [0.1, 0.15) is 12.0 Å². The third kappa shape index (κ3) is 4.25. The molecule has 2 saturated heterocycles. The highest BCUT2D eigenvalue weighted by molar-refractivity contribution is 5.90. The van der Waals surface area contributed by atoms with Gasteiger partial charge >= 0.3 is 5.97 Å². The second-order valence-corrected chi connectivity index (χ2v) is 10.6. The molecular formula is C25H36N8O3. The molecule has 1 spiro atoms. The minimum absolute atomic E-state index is 0.0428. The Balaban J connectivity index is 1.26. The van der Waals surface area contributed by atoms with Gasteiger partial charge in [-0.25, -0.2) is 19.7 Å². The standard InChI is InChI=1S/C25H36N8O3/c1-14-12-25(14)13-32(22-16(3)29-19(24(35)36)21(27)30-22)10-11-33(25)17-6-8-31(9-7-17)23(34)18-5-4-15(2)28-20(18)26/h4-5,14,17,23,34H,6-13H2,1-3H3,(H2,26,28)(H2,27,30)(H,35,36)/t14-,23?,25?/m1/s1. The van der Waals surface area contributed by atoms with Gasteiger partial charge < -0.3 is 26.6 Å². The fraction of sp³-hybridized carbons (Fsp3) is 0.600. The first-order chi connectivity index (χ1) is 17.1. The van der Waals surface area contributed by atoms with Crippen LogP contribution in [0.1, 0.15) is 59.9 Å². The number of rotatable bonds is 5. The number of nitrogens with zero attached hydrogens (tertiary/aromatic N) is 6. The molecule has 2 aromatic heterocycles. The molecule has 36 heavy (non-hydrogen) atoms. The molecule has 0 aromatic carbocycles. The van der Waals surface area contributed by atoms with Crippen LogP contribution in [0, 0.1) is 19.8 Å². The summed E-state index contributed by atoms with van der Waals surface area (Å²) in [5.41, 5.74) is 14.0. The monoisotopic (exact) mass is 496 g/mol. The number of carboxylic acid groups (broad SMARTS) is 1. The van der Waals surface area contributed by atoms with Crippen molar-refractivity contribution in [2.45, 2.75) is 57.8 Å². The van der Waals surface area contributed by atoms with Crippen LogP contribution in [0.3, 0.4) is 0 Å². The van der Waals surface area contributed by atoms with E-state index in [0.29, 0.717) is 34.9 Å². The molecule has 194 valence electrons. The highest BCUT2D eigenvalue weighted by Gasteiger charge is 2.59. The Bertz CT molecular complexity index is 1170. The van der Waals surface area contributed by atoms with Crippen LogP contribution in [-0.2, 0) is 0 Å². The van der Waals surface area contributed by atoms with E-state index in [1.54, 1.807) is 6.92 Å². The number of nitrogens with two attached hydrogens (primary N) is 2. The zero-order valence-electron chi connectivity index (χ0n) is 21.2. The summed E-state index contributed by atoms with van der Waals surface area (Å²) >= 11 is 0. The van der Waals surface area contributed by atoms with Gasteiger partial charge in [0.2, 0.25) is 0 Å². The number of anilines is 3. The molecule has 2 aromatic rings. The highest BCUT2D eigenvalue weighted by atomic mass is 16.4. The summed E-state index contributed by atoms with van der Waals surface area (Å²) in [6.07, 6.45) is 2.33. The maximum atomic E-state index is 11.4. The average molecular weight is 497 g/mol. The molecular weight excluding hydrogens is 460 g/mol. The maximum Gasteiger partial charge on any atom is 0.358 e. The van der Waals surface area contributed by atoms with E-state index >= 15 is 0 Å². The van der Waals surface area contributed by atoms with Gasteiger partial charge in [0.25, 0.3) is 0 Å². The molecule has 1 saturated carbocycles. The van der Waals surface area contributed by atoms with Crippen molar-refractivity contribution >= 4 is 23.4 Å². The number of aliphatic hydroxyl groups is 1. The summed E-state index contributed by atoms with van der Waals surface area (Å²) in [4.78, 5) is 31.3. The van der Waals surface area contributed by atoms with Crippen molar-refractivity contribution in [3.8, 4) is 0 Å². The van der Waals surface area contributed by atoms with Crippen LogP contribution in [0.15, 0.2) is 12.1 Å². The lowest BCUT2D eigenvalue weighted by molar-refractivity contribution is -0.0359. The van der Waals surface area contributed by atoms with Crippen LogP contribution in [0.4, 0.5) is 17.5 Å². The zero-order chi connectivity index (χ0) is 25.8. The number of piperidine rings is 1. The first kappa shape index (κ1) is 24.7. The lowest BCUT2D eigenvalue weighted by Gasteiger charge is -2.49. The Labute approximate surface area is 211 Å². The van der Waals surface area contributed by atoms with E-state index in [1.807, 2.05) is 19.1 Å². The van der Waals surface area contributed by atoms with E-state index in [1.165, 1.54) is 0 Å². The summed E-state index contributed by atoms with van der Waals surface area (Å²) in [6.45, 7) is 10.1. The quantitative estimate of drug-likeness (QED) is 0.474. The second kappa shape index (κ2) is 9.13. The van der Waals surface area contributed by atoms with Crippen molar-refractivity contribution in [1.82, 2.24) is 24.8 Å². The minimum Gasteiger partial charge on any atom is -0.476 e. The van der Waals surface area contributed by atoms with E-state index in [9.17, 15) is 15.0 Å². The van der Waals surface area contributed by atoms with Crippen LogP contribution >= 0.6 is 0 Å². The van der Waals surface area contributed by atoms with Gasteiger partial charge in [0.15, 0.2) is 17.3 Å². The number of piperazine rings is 1. The molecule has 0 bridgehead atoms. The first-order valence-corrected chi connectivity index (χ1v) is 12.6. The fourth-order valence-electron chi connectivity index (χ4n) is 6.19. The topological polar surface area (TPSA) is 158 Å². The average Bonchev–Trinajstić information content (AvgIpc) is 3.47. The maximum absolute atomic E-state index is 11.4. The molecule has 1 aliphatic carbocycles. The molecule has 3 fully saturated rings. The van der Waals surface area contributed by atoms with E-state index < -0.39 is 12.2 Å². The summed E-state index contributed by atoms with van der Waals surface area (Å²) < 4.78 is 0. The number of carboxylic acids is 1. The second-order valence-electron chi connectivity index (χ2n) is 10.6.